The molecular formula is C17H23NO2. The van der Waals surface area contributed by atoms with E-state index in [2.05, 4.69) is 30.4 Å². The van der Waals surface area contributed by atoms with Crippen LogP contribution in [0, 0.1) is 0 Å². The number of ether oxygens (including phenoxy) is 1. The van der Waals surface area contributed by atoms with Crippen molar-refractivity contribution in [3.8, 4) is 5.75 Å². The third-order valence-electron chi connectivity index (χ3n) is 4.03. The Morgan fingerprint density at radius 1 is 1.15 bits per heavy atom. The van der Waals surface area contributed by atoms with Crippen LogP contribution in [0.15, 0.2) is 36.4 Å². The second-order valence-corrected chi connectivity index (χ2v) is 5.40. The summed E-state index contributed by atoms with van der Waals surface area (Å²) >= 11 is 0. The SMILES string of the molecule is CCC(C)(CO)NCc1ccc(OC)c2ccccc12. The number of aliphatic hydroxyl groups is 1. The normalized spacial score (nSPS) is 14.2. The Morgan fingerprint density at radius 2 is 1.85 bits per heavy atom. The minimum atomic E-state index is -0.235. The molecule has 0 amide bonds. The van der Waals surface area contributed by atoms with E-state index in [4.69, 9.17) is 4.74 Å². The molecule has 0 aromatic heterocycles. The highest BCUT2D eigenvalue weighted by molar-refractivity contribution is 5.91. The van der Waals surface area contributed by atoms with Crippen molar-refractivity contribution < 1.29 is 9.84 Å². The average Bonchev–Trinajstić information content (AvgIpc) is 2.52. The van der Waals surface area contributed by atoms with Gasteiger partial charge in [0, 0.05) is 17.5 Å². The van der Waals surface area contributed by atoms with Crippen molar-refractivity contribution in [3.05, 3.63) is 42.0 Å². The molecule has 1 unspecified atom stereocenters. The number of aliphatic hydroxyl groups excluding tert-OH is 1. The van der Waals surface area contributed by atoms with E-state index in [1.54, 1.807) is 7.11 Å². The van der Waals surface area contributed by atoms with E-state index in [0.29, 0.717) is 0 Å². The van der Waals surface area contributed by atoms with Gasteiger partial charge in [0.15, 0.2) is 0 Å². The highest BCUT2D eigenvalue weighted by Crippen LogP contribution is 2.28. The Labute approximate surface area is 120 Å². The molecule has 0 radical (unpaired) electrons. The van der Waals surface area contributed by atoms with Gasteiger partial charge in [-0.15, -0.1) is 0 Å². The van der Waals surface area contributed by atoms with Gasteiger partial charge < -0.3 is 15.2 Å². The lowest BCUT2D eigenvalue weighted by molar-refractivity contribution is 0.169. The summed E-state index contributed by atoms with van der Waals surface area (Å²) < 4.78 is 5.41. The average molecular weight is 273 g/mol. The van der Waals surface area contributed by atoms with Crippen molar-refractivity contribution in [2.75, 3.05) is 13.7 Å². The number of nitrogens with one attached hydrogen (secondary N) is 1. The smallest absolute Gasteiger partial charge is 0.126 e. The van der Waals surface area contributed by atoms with Gasteiger partial charge in [-0.05, 0) is 30.4 Å². The molecule has 2 rings (SSSR count). The summed E-state index contributed by atoms with van der Waals surface area (Å²) in [6.45, 7) is 4.99. The van der Waals surface area contributed by atoms with E-state index >= 15 is 0 Å². The highest BCUT2D eigenvalue weighted by Gasteiger charge is 2.20. The highest BCUT2D eigenvalue weighted by atomic mass is 16.5. The Balaban J connectivity index is 2.32. The van der Waals surface area contributed by atoms with Crippen molar-refractivity contribution >= 4 is 10.8 Å². The van der Waals surface area contributed by atoms with Crippen LogP contribution in [0.2, 0.25) is 0 Å². The topological polar surface area (TPSA) is 41.5 Å². The molecule has 20 heavy (non-hydrogen) atoms. The molecule has 0 bridgehead atoms. The molecule has 0 aliphatic rings. The predicted octanol–water partition coefficient (Wildman–Crippen LogP) is 3.10. The fourth-order valence-electron chi connectivity index (χ4n) is 2.27. The van der Waals surface area contributed by atoms with Crippen LogP contribution in [-0.4, -0.2) is 24.4 Å². The zero-order valence-electron chi connectivity index (χ0n) is 12.4. The molecule has 2 N–H and O–H groups in total. The van der Waals surface area contributed by atoms with Crippen LogP contribution in [-0.2, 0) is 6.54 Å². The molecule has 3 nitrogen and oxygen atoms in total. The summed E-state index contributed by atoms with van der Waals surface area (Å²) in [6.07, 6.45) is 0.886. The molecule has 108 valence electrons. The fraction of sp³-hybridized carbons (Fsp3) is 0.412. The van der Waals surface area contributed by atoms with Gasteiger partial charge in [-0.1, -0.05) is 37.3 Å². The van der Waals surface area contributed by atoms with Crippen LogP contribution in [0.1, 0.15) is 25.8 Å². The molecule has 0 spiro atoms. The molecule has 1 atom stereocenters. The summed E-state index contributed by atoms with van der Waals surface area (Å²) in [6, 6.07) is 12.3. The van der Waals surface area contributed by atoms with E-state index in [9.17, 15) is 5.11 Å². The predicted molar refractivity (Wildman–Crippen MR) is 83.1 cm³/mol. The van der Waals surface area contributed by atoms with Crippen LogP contribution in [0.25, 0.3) is 10.8 Å². The van der Waals surface area contributed by atoms with Gasteiger partial charge in [0.1, 0.15) is 5.75 Å². The maximum atomic E-state index is 9.48. The largest absolute Gasteiger partial charge is 0.496 e. The molecular weight excluding hydrogens is 250 g/mol. The van der Waals surface area contributed by atoms with E-state index < -0.39 is 0 Å². The van der Waals surface area contributed by atoms with Gasteiger partial charge >= 0.3 is 0 Å². The van der Waals surface area contributed by atoms with Gasteiger partial charge in [-0.2, -0.15) is 0 Å². The number of methoxy groups -OCH3 is 1. The monoisotopic (exact) mass is 273 g/mol. The Bertz CT molecular complexity index is 576. The van der Waals surface area contributed by atoms with E-state index in [0.717, 1.165) is 24.1 Å². The molecule has 0 saturated carbocycles. The first-order valence-corrected chi connectivity index (χ1v) is 7.04. The molecule has 0 aliphatic carbocycles. The van der Waals surface area contributed by atoms with Crippen molar-refractivity contribution in [3.63, 3.8) is 0 Å². The van der Waals surface area contributed by atoms with Gasteiger partial charge in [-0.25, -0.2) is 0 Å². The Kier molecular flexibility index (Phi) is 4.63. The second-order valence-electron chi connectivity index (χ2n) is 5.40. The van der Waals surface area contributed by atoms with E-state index in [1.165, 1.54) is 10.9 Å². The Hall–Kier alpha value is -1.58. The molecule has 2 aromatic carbocycles. The van der Waals surface area contributed by atoms with Crippen LogP contribution in [0.4, 0.5) is 0 Å². The van der Waals surface area contributed by atoms with Crippen molar-refractivity contribution in [1.82, 2.24) is 5.32 Å². The maximum absolute atomic E-state index is 9.48. The summed E-state index contributed by atoms with van der Waals surface area (Å²) in [7, 11) is 1.69. The Morgan fingerprint density at radius 3 is 2.45 bits per heavy atom. The lowest BCUT2D eigenvalue weighted by atomic mass is 9.98. The first-order valence-electron chi connectivity index (χ1n) is 7.04. The second kappa shape index (κ2) is 6.25. The van der Waals surface area contributed by atoms with Gasteiger partial charge in [-0.3, -0.25) is 0 Å². The number of rotatable bonds is 6. The number of hydrogen-bond acceptors (Lipinski definition) is 3. The first kappa shape index (κ1) is 14.8. The lowest BCUT2D eigenvalue weighted by Gasteiger charge is -2.27. The number of hydrogen-bond donors (Lipinski definition) is 2. The molecule has 0 fully saturated rings. The summed E-state index contributed by atoms with van der Waals surface area (Å²) in [5.41, 5.74) is 0.982. The van der Waals surface area contributed by atoms with Crippen LogP contribution in [0.5, 0.6) is 5.75 Å². The summed E-state index contributed by atoms with van der Waals surface area (Å²) in [4.78, 5) is 0. The quantitative estimate of drug-likeness (QED) is 0.850. The lowest BCUT2D eigenvalue weighted by Crippen LogP contribution is -2.44. The van der Waals surface area contributed by atoms with Gasteiger partial charge in [0.05, 0.1) is 13.7 Å². The summed E-state index contributed by atoms with van der Waals surface area (Å²) in [5.74, 6) is 0.893. The molecule has 0 aliphatic heterocycles. The molecule has 0 saturated heterocycles. The molecule has 2 aromatic rings. The van der Waals surface area contributed by atoms with E-state index in [1.807, 2.05) is 25.1 Å². The van der Waals surface area contributed by atoms with E-state index in [-0.39, 0.29) is 12.1 Å². The third-order valence-corrected chi connectivity index (χ3v) is 4.03. The zero-order valence-corrected chi connectivity index (χ0v) is 12.4. The van der Waals surface area contributed by atoms with Gasteiger partial charge in [0.2, 0.25) is 0 Å². The van der Waals surface area contributed by atoms with Crippen molar-refractivity contribution in [2.45, 2.75) is 32.4 Å². The van der Waals surface area contributed by atoms with Crippen LogP contribution in [0.3, 0.4) is 0 Å². The van der Waals surface area contributed by atoms with Crippen molar-refractivity contribution in [2.24, 2.45) is 0 Å². The maximum Gasteiger partial charge on any atom is 0.126 e. The summed E-state index contributed by atoms with van der Waals surface area (Å²) in [5, 5.41) is 15.2. The van der Waals surface area contributed by atoms with Crippen molar-refractivity contribution in [1.29, 1.82) is 0 Å². The van der Waals surface area contributed by atoms with Crippen LogP contribution >= 0.6 is 0 Å². The first-order chi connectivity index (χ1) is 9.63. The van der Waals surface area contributed by atoms with Gasteiger partial charge in [0.25, 0.3) is 0 Å². The molecule has 3 heteroatoms. The standard InChI is InChI=1S/C17H23NO2/c1-4-17(2,12-19)18-11-13-9-10-16(20-3)15-8-6-5-7-14(13)15/h5-10,18-19H,4,11-12H2,1-3H3. The fourth-order valence-corrected chi connectivity index (χ4v) is 2.27. The minimum Gasteiger partial charge on any atom is -0.496 e. The zero-order chi connectivity index (χ0) is 14.6. The number of fused-ring (bicyclic) bond motifs is 1. The van der Waals surface area contributed by atoms with Crippen LogP contribution < -0.4 is 10.1 Å². The molecule has 0 heterocycles. The minimum absolute atomic E-state index is 0.136. The third kappa shape index (κ3) is 2.94. The number of benzene rings is 2.